The lowest BCUT2D eigenvalue weighted by Gasteiger charge is -2.15. The van der Waals surface area contributed by atoms with E-state index in [1.807, 2.05) is 0 Å². The van der Waals surface area contributed by atoms with E-state index in [2.05, 4.69) is 10.6 Å². The Bertz CT molecular complexity index is 516. The van der Waals surface area contributed by atoms with E-state index >= 15 is 0 Å². The first-order chi connectivity index (χ1) is 9.58. The highest BCUT2D eigenvalue weighted by atomic mass is 32.1. The minimum atomic E-state index is -0.399. The summed E-state index contributed by atoms with van der Waals surface area (Å²) < 4.78 is 5.49. The first-order valence-corrected chi connectivity index (χ1v) is 6.89. The number of hydrogen-bond acceptors (Lipinski definition) is 4. The molecule has 1 aliphatic rings. The molecule has 1 atom stereocenters. The molecule has 1 unspecified atom stereocenters. The SMILES string of the molecule is Cc1c(NC(=S)NCC2CCCO2)cccc1[N+](=O)[O-]. The van der Waals surface area contributed by atoms with Crippen molar-refractivity contribution in [3.05, 3.63) is 33.9 Å². The second-order valence-corrected chi connectivity index (χ2v) is 5.09. The molecule has 0 radical (unpaired) electrons. The predicted octanol–water partition coefficient (Wildman–Crippen LogP) is 2.37. The molecular formula is C13H17N3O3S. The van der Waals surface area contributed by atoms with E-state index in [0.29, 0.717) is 22.9 Å². The number of nitrogens with zero attached hydrogens (tertiary/aromatic N) is 1. The van der Waals surface area contributed by atoms with Crippen molar-refractivity contribution in [1.82, 2.24) is 5.32 Å². The number of nitro benzene ring substituents is 1. The monoisotopic (exact) mass is 295 g/mol. The third-order valence-electron chi connectivity index (χ3n) is 3.26. The van der Waals surface area contributed by atoms with Crippen LogP contribution >= 0.6 is 12.2 Å². The number of benzene rings is 1. The van der Waals surface area contributed by atoms with Gasteiger partial charge in [0.05, 0.1) is 16.6 Å². The molecule has 7 heteroatoms. The van der Waals surface area contributed by atoms with E-state index in [0.717, 1.165) is 19.4 Å². The first kappa shape index (κ1) is 14.7. The van der Waals surface area contributed by atoms with E-state index < -0.39 is 4.92 Å². The average Bonchev–Trinajstić information content (AvgIpc) is 2.91. The van der Waals surface area contributed by atoms with Crippen molar-refractivity contribution in [3.63, 3.8) is 0 Å². The number of anilines is 1. The third kappa shape index (κ3) is 3.64. The van der Waals surface area contributed by atoms with Crippen LogP contribution in [0.2, 0.25) is 0 Å². The van der Waals surface area contributed by atoms with Crippen molar-refractivity contribution in [2.24, 2.45) is 0 Å². The lowest BCUT2D eigenvalue weighted by atomic mass is 10.1. The van der Waals surface area contributed by atoms with E-state index in [4.69, 9.17) is 17.0 Å². The quantitative estimate of drug-likeness (QED) is 0.504. The van der Waals surface area contributed by atoms with Crippen LogP contribution in [0.1, 0.15) is 18.4 Å². The molecule has 0 aliphatic carbocycles. The Balaban J connectivity index is 1.93. The van der Waals surface area contributed by atoms with Crippen LogP contribution in [0.25, 0.3) is 0 Å². The largest absolute Gasteiger partial charge is 0.376 e. The normalized spacial score (nSPS) is 17.8. The summed E-state index contributed by atoms with van der Waals surface area (Å²) in [6.45, 7) is 3.15. The molecule has 0 saturated carbocycles. The second kappa shape index (κ2) is 6.62. The Morgan fingerprint density at radius 1 is 1.60 bits per heavy atom. The molecule has 0 amide bonds. The van der Waals surface area contributed by atoms with Gasteiger partial charge in [0.1, 0.15) is 0 Å². The average molecular weight is 295 g/mol. The predicted molar refractivity (Wildman–Crippen MR) is 81.0 cm³/mol. The summed E-state index contributed by atoms with van der Waals surface area (Å²) >= 11 is 5.19. The molecule has 1 heterocycles. The van der Waals surface area contributed by atoms with Crippen molar-refractivity contribution < 1.29 is 9.66 Å². The fourth-order valence-electron chi connectivity index (χ4n) is 2.14. The third-order valence-corrected chi connectivity index (χ3v) is 3.51. The molecule has 0 aromatic heterocycles. The van der Waals surface area contributed by atoms with E-state index in [1.54, 1.807) is 19.1 Å². The maximum absolute atomic E-state index is 10.9. The molecule has 1 aromatic carbocycles. The first-order valence-electron chi connectivity index (χ1n) is 6.48. The number of nitrogens with one attached hydrogen (secondary N) is 2. The fourth-order valence-corrected chi connectivity index (χ4v) is 2.33. The highest BCUT2D eigenvalue weighted by Gasteiger charge is 2.16. The van der Waals surface area contributed by atoms with Crippen LogP contribution in [0, 0.1) is 17.0 Å². The van der Waals surface area contributed by atoms with Crippen molar-refractivity contribution in [1.29, 1.82) is 0 Å². The summed E-state index contributed by atoms with van der Waals surface area (Å²) in [4.78, 5) is 10.5. The van der Waals surface area contributed by atoms with Crippen LogP contribution in [0.5, 0.6) is 0 Å². The van der Waals surface area contributed by atoms with Gasteiger partial charge in [0.15, 0.2) is 5.11 Å². The van der Waals surface area contributed by atoms with Gasteiger partial charge in [-0.05, 0) is 38.0 Å². The summed E-state index contributed by atoms with van der Waals surface area (Å²) in [6.07, 6.45) is 2.31. The number of nitro groups is 1. The maximum atomic E-state index is 10.9. The van der Waals surface area contributed by atoms with Gasteiger partial charge >= 0.3 is 0 Å². The van der Waals surface area contributed by atoms with Crippen LogP contribution in [0.4, 0.5) is 11.4 Å². The van der Waals surface area contributed by atoms with Crippen LogP contribution in [-0.2, 0) is 4.74 Å². The zero-order valence-corrected chi connectivity index (χ0v) is 12.0. The van der Waals surface area contributed by atoms with Gasteiger partial charge in [0, 0.05) is 24.9 Å². The summed E-state index contributed by atoms with van der Waals surface area (Å²) in [5.74, 6) is 0. The molecule has 1 fully saturated rings. The van der Waals surface area contributed by atoms with Crippen LogP contribution in [-0.4, -0.2) is 29.3 Å². The summed E-state index contributed by atoms with van der Waals surface area (Å²) in [5, 5.41) is 17.4. The number of ether oxygens (including phenoxy) is 1. The van der Waals surface area contributed by atoms with Crippen LogP contribution in [0.3, 0.4) is 0 Å². The van der Waals surface area contributed by atoms with Gasteiger partial charge in [-0.3, -0.25) is 10.1 Å². The lowest BCUT2D eigenvalue weighted by molar-refractivity contribution is -0.385. The summed E-state index contributed by atoms with van der Waals surface area (Å²) in [7, 11) is 0. The Hall–Kier alpha value is -1.73. The van der Waals surface area contributed by atoms with Gasteiger partial charge in [0.2, 0.25) is 0 Å². The Morgan fingerprint density at radius 2 is 2.40 bits per heavy atom. The molecule has 0 bridgehead atoms. The van der Waals surface area contributed by atoms with Crippen molar-refractivity contribution in [2.45, 2.75) is 25.9 Å². The molecule has 1 aliphatic heterocycles. The van der Waals surface area contributed by atoms with E-state index in [9.17, 15) is 10.1 Å². The Labute approximate surface area is 122 Å². The number of rotatable bonds is 4. The van der Waals surface area contributed by atoms with Gasteiger partial charge < -0.3 is 15.4 Å². The zero-order chi connectivity index (χ0) is 14.5. The van der Waals surface area contributed by atoms with E-state index in [-0.39, 0.29) is 11.8 Å². The minimum absolute atomic E-state index is 0.0805. The molecule has 0 spiro atoms. The second-order valence-electron chi connectivity index (χ2n) is 4.68. The number of thiocarbonyl (C=S) groups is 1. The lowest BCUT2D eigenvalue weighted by Crippen LogP contribution is -2.35. The van der Waals surface area contributed by atoms with Crippen molar-refractivity contribution in [3.8, 4) is 0 Å². The van der Waals surface area contributed by atoms with Gasteiger partial charge in [-0.1, -0.05) is 6.07 Å². The molecule has 1 aromatic rings. The maximum Gasteiger partial charge on any atom is 0.274 e. The molecule has 2 rings (SSSR count). The smallest absolute Gasteiger partial charge is 0.274 e. The van der Waals surface area contributed by atoms with E-state index in [1.165, 1.54) is 6.07 Å². The molecule has 6 nitrogen and oxygen atoms in total. The molecular weight excluding hydrogens is 278 g/mol. The van der Waals surface area contributed by atoms with Crippen molar-refractivity contribution in [2.75, 3.05) is 18.5 Å². The molecule has 20 heavy (non-hydrogen) atoms. The van der Waals surface area contributed by atoms with Gasteiger partial charge in [-0.15, -0.1) is 0 Å². The fraction of sp³-hybridized carbons (Fsp3) is 0.462. The zero-order valence-electron chi connectivity index (χ0n) is 11.2. The highest BCUT2D eigenvalue weighted by molar-refractivity contribution is 7.80. The van der Waals surface area contributed by atoms with Gasteiger partial charge in [0.25, 0.3) is 5.69 Å². The van der Waals surface area contributed by atoms with Crippen LogP contribution in [0.15, 0.2) is 18.2 Å². The molecule has 1 saturated heterocycles. The van der Waals surface area contributed by atoms with Crippen LogP contribution < -0.4 is 10.6 Å². The number of hydrogen-bond donors (Lipinski definition) is 2. The standard InChI is InChI=1S/C13H17N3O3S/c1-9-11(5-2-6-12(9)16(17)18)15-13(20)14-8-10-4-3-7-19-10/h2,5-6,10H,3-4,7-8H2,1H3,(H2,14,15,20). The Kier molecular flexibility index (Phi) is 4.86. The summed E-state index contributed by atoms with van der Waals surface area (Å²) in [5.41, 5.74) is 1.29. The summed E-state index contributed by atoms with van der Waals surface area (Å²) in [6, 6.07) is 4.88. The molecule has 2 N–H and O–H groups in total. The Morgan fingerprint density at radius 3 is 3.05 bits per heavy atom. The molecule has 108 valence electrons. The van der Waals surface area contributed by atoms with Gasteiger partial charge in [-0.25, -0.2) is 0 Å². The topological polar surface area (TPSA) is 76.4 Å². The van der Waals surface area contributed by atoms with Gasteiger partial charge in [-0.2, -0.15) is 0 Å². The van der Waals surface area contributed by atoms with Crippen molar-refractivity contribution >= 4 is 28.7 Å². The minimum Gasteiger partial charge on any atom is -0.376 e. The highest BCUT2D eigenvalue weighted by Crippen LogP contribution is 2.24.